The van der Waals surface area contributed by atoms with E-state index in [2.05, 4.69) is 20.7 Å². The molecule has 0 saturated heterocycles. The van der Waals surface area contributed by atoms with Crippen LogP contribution in [0.1, 0.15) is 12.5 Å². The number of rotatable bonds is 3. The van der Waals surface area contributed by atoms with E-state index in [1.165, 1.54) is 17.1 Å². The van der Waals surface area contributed by atoms with Crippen LogP contribution in [0.3, 0.4) is 0 Å². The lowest BCUT2D eigenvalue weighted by Gasteiger charge is -2.09. The topological polar surface area (TPSA) is 88.9 Å². The van der Waals surface area contributed by atoms with Crippen molar-refractivity contribution in [2.24, 2.45) is 0 Å². The fourth-order valence-corrected chi connectivity index (χ4v) is 2.01. The molecule has 2 aromatic rings. The summed E-state index contributed by atoms with van der Waals surface area (Å²) in [5.74, 6) is -2.72. The maximum Gasteiger partial charge on any atom is 0.252 e. The molecule has 1 atom stereocenters. The monoisotopic (exact) mass is 293 g/mol. The molecule has 2 amide bonds. The normalized spacial score (nSPS) is 16.5. The lowest BCUT2D eigenvalue weighted by atomic mass is 10.2. The zero-order chi connectivity index (χ0) is 15.0. The Kier molecular flexibility index (Phi) is 3.09. The zero-order valence-corrected chi connectivity index (χ0v) is 10.5. The smallest absolute Gasteiger partial charge is 0.252 e. The van der Waals surface area contributed by atoms with Crippen LogP contribution >= 0.6 is 0 Å². The highest BCUT2D eigenvalue weighted by atomic mass is 19.2. The van der Waals surface area contributed by atoms with Crippen molar-refractivity contribution in [3.63, 3.8) is 0 Å². The van der Waals surface area contributed by atoms with E-state index in [9.17, 15) is 18.4 Å². The summed E-state index contributed by atoms with van der Waals surface area (Å²) in [5, 5.41) is 8.71. The molecular formula is C12H9F2N5O2. The Morgan fingerprint density at radius 1 is 1.38 bits per heavy atom. The molecule has 3 rings (SSSR count). The maximum absolute atomic E-state index is 13.0. The van der Waals surface area contributed by atoms with Gasteiger partial charge in [-0.2, -0.15) is 10.1 Å². The second kappa shape index (κ2) is 4.93. The first-order chi connectivity index (χ1) is 10.0. The number of nitrogens with zero attached hydrogens (tertiary/aromatic N) is 3. The van der Waals surface area contributed by atoms with Crippen LogP contribution in [-0.4, -0.2) is 26.6 Å². The SMILES string of the molecule is O=C(C[C@@H]1C(=O)Nc2ncnn21)Nc1ccc(F)c(F)c1. The third-order valence-corrected chi connectivity index (χ3v) is 2.99. The first-order valence-corrected chi connectivity index (χ1v) is 6.00. The Labute approximate surface area is 117 Å². The fourth-order valence-electron chi connectivity index (χ4n) is 2.01. The molecule has 21 heavy (non-hydrogen) atoms. The summed E-state index contributed by atoms with van der Waals surface area (Å²) in [7, 11) is 0. The van der Waals surface area contributed by atoms with Crippen molar-refractivity contribution in [3.05, 3.63) is 36.2 Å². The summed E-state index contributed by atoms with van der Waals surface area (Å²) in [5.41, 5.74) is 0.108. The van der Waals surface area contributed by atoms with E-state index in [0.29, 0.717) is 0 Å². The van der Waals surface area contributed by atoms with Gasteiger partial charge in [0.2, 0.25) is 11.9 Å². The van der Waals surface area contributed by atoms with Gasteiger partial charge in [0.1, 0.15) is 12.4 Å². The maximum atomic E-state index is 13.0. The molecule has 1 aromatic carbocycles. The van der Waals surface area contributed by atoms with Crippen molar-refractivity contribution >= 4 is 23.5 Å². The highest BCUT2D eigenvalue weighted by molar-refractivity contribution is 6.00. The molecule has 0 aliphatic carbocycles. The average molecular weight is 293 g/mol. The zero-order valence-electron chi connectivity index (χ0n) is 10.5. The van der Waals surface area contributed by atoms with Gasteiger partial charge in [-0.15, -0.1) is 0 Å². The van der Waals surface area contributed by atoms with E-state index in [-0.39, 0.29) is 18.1 Å². The van der Waals surface area contributed by atoms with E-state index in [0.717, 1.165) is 12.1 Å². The van der Waals surface area contributed by atoms with Crippen molar-refractivity contribution < 1.29 is 18.4 Å². The summed E-state index contributed by atoms with van der Waals surface area (Å²) in [6.45, 7) is 0. The molecule has 1 aliphatic rings. The lowest BCUT2D eigenvalue weighted by molar-refractivity contribution is -0.123. The summed E-state index contributed by atoms with van der Waals surface area (Å²) < 4.78 is 27.1. The number of benzene rings is 1. The van der Waals surface area contributed by atoms with Crippen molar-refractivity contribution in [3.8, 4) is 0 Å². The molecule has 9 heteroatoms. The quantitative estimate of drug-likeness (QED) is 0.886. The van der Waals surface area contributed by atoms with E-state index in [4.69, 9.17) is 0 Å². The second-order valence-electron chi connectivity index (χ2n) is 4.41. The van der Waals surface area contributed by atoms with Crippen LogP contribution in [0.15, 0.2) is 24.5 Å². The van der Waals surface area contributed by atoms with Crippen LogP contribution in [0.5, 0.6) is 0 Å². The molecule has 0 saturated carbocycles. The second-order valence-corrected chi connectivity index (χ2v) is 4.41. The fraction of sp³-hybridized carbons (Fsp3) is 0.167. The predicted molar refractivity (Wildman–Crippen MR) is 67.3 cm³/mol. The van der Waals surface area contributed by atoms with Crippen molar-refractivity contribution in [1.82, 2.24) is 14.8 Å². The van der Waals surface area contributed by atoms with E-state index < -0.39 is 29.5 Å². The number of carbonyl (C=O) groups excluding carboxylic acids is 2. The number of nitrogens with one attached hydrogen (secondary N) is 2. The molecule has 0 radical (unpaired) electrons. The standard InChI is InChI=1S/C12H9F2N5O2/c13-7-2-1-6(3-8(7)14)17-10(20)4-9-11(21)18-12-15-5-16-19(9)12/h1-3,5,9H,4H2,(H,17,20)(H,15,16,18,21)/t9-/m1/s1. The van der Waals surface area contributed by atoms with Crippen LogP contribution < -0.4 is 10.6 Å². The Hall–Kier alpha value is -2.84. The molecule has 108 valence electrons. The Morgan fingerprint density at radius 3 is 2.95 bits per heavy atom. The van der Waals surface area contributed by atoms with Crippen LogP contribution in [-0.2, 0) is 9.59 Å². The number of fused-ring (bicyclic) bond motifs is 1. The van der Waals surface area contributed by atoms with Gasteiger partial charge in [0, 0.05) is 11.8 Å². The van der Waals surface area contributed by atoms with Crippen molar-refractivity contribution in [1.29, 1.82) is 0 Å². The van der Waals surface area contributed by atoms with Gasteiger partial charge in [-0.05, 0) is 12.1 Å². The van der Waals surface area contributed by atoms with Crippen molar-refractivity contribution in [2.45, 2.75) is 12.5 Å². The van der Waals surface area contributed by atoms with Crippen molar-refractivity contribution in [2.75, 3.05) is 10.6 Å². The lowest BCUT2D eigenvalue weighted by Crippen LogP contribution is -2.23. The number of carbonyl (C=O) groups is 2. The third kappa shape index (κ3) is 2.45. The van der Waals surface area contributed by atoms with Gasteiger partial charge in [0.25, 0.3) is 5.91 Å². The minimum Gasteiger partial charge on any atom is -0.326 e. The third-order valence-electron chi connectivity index (χ3n) is 2.99. The molecule has 1 aromatic heterocycles. The molecule has 2 N–H and O–H groups in total. The number of anilines is 2. The van der Waals surface area contributed by atoms with E-state index >= 15 is 0 Å². The van der Waals surface area contributed by atoms with Gasteiger partial charge in [0.05, 0.1) is 6.42 Å². The predicted octanol–water partition coefficient (Wildman–Crippen LogP) is 1.08. The van der Waals surface area contributed by atoms with Gasteiger partial charge in [-0.3, -0.25) is 14.9 Å². The molecular weight excluding hydrogens is 284 g/mol. The molecule has 7 nitrogen and oxygen atoms in total. The van der Waals surface area contributed by atoms with Gasteiger partial charge in [-0.1, -0.05) is 0 Å². The summed E-state index contributed by atoms with van der Waals surface area (Å²) in [6, 6.07) is 2.19. The van der Waals surface area contributed by atoms with Crippen LogP contribution in [0.2, 0.25) is 0 Å². The number of hydrogen-bond donors (Lipinski definition) is 2. The Balaban J connectivity index is 1.70. The molecule has 1 aliphatic heterocycles. The van der Waals surface area contributed by atoms with E-state index in [1.54, 1.807) is 0 Å². The van der Waals surface area contributed by atoms with E-state index in [1.807, 2.05) is 0 Å². The minimum atomic E-state index is -1.06. The summed E-state index contributed by atoms with van der Waals surface area (Å²) in [6.07, 6.45) is 1.07. The van der Waals surface area contributed by atoms with Crippen LogP contribution in [0.25, 0.3) is 0 Å². The molecule has 2 heterocycles. The number of amides is 2. The van der Waals surface area contributed by atoms with Gasteiger partial charge >= 0.3 is 0 Å². The molecule has 0 bridgehead atoms. The Morgan fingerprint density at radius 2 is 2.19 bits per heavy atom. The summed E-state index contributed by atoms with van der Waals surface area (Å²) in [4.78, 5) is 27.4. The number of aromatic nitrogens is 3. The summed E-state index contributed by atoms with van der Waals surface area (Å²) >= 11 is 0. The first-order valence-electron chi connectivity index (χ1n) is 6.00. The number of hydrogen-bond acceptors (Lipinski definition) is 4. The molecule has 0 fully saturated rings. The van der Waals surface area contributed by atoms with Gasteiger partial charge in [-0.25, -0.2) is 13.5 Å². The average Bonchev–Trinajstić information content (AvgIpc) is 2.97. The van der Waals surface area contributed by atoms with Gasteiger partial charge < -0.3 is 5.32 Å². The number of halogens is 2. The molecule has 0 unspecified atom stereocenters. The minimum absolute atomic E-state index is 0.108. The first kappa shape index (κ1) is 13.2. The molecule has 0 spiro atoms. The highest BCUT2D eigenvalue weighted by Gasteiger charge is 2.33. The van der Waals surface area contributed by atoms with Crippen LogP contribution in [0, 0.1) is 11.6 Å². The van der Waals surface area contributed by atoms with Gasteiger partial charge in [0.15, 0.2) is 11.6 Å². The Bertz CT molecular complexity index is 730. The highest BCUT2D eigenvalue weighted by Crippen LogP contribution is 2.24. The largest absolute Gasteiger partial charge is 0.326 e. The van der Waals surface area contributed by atoms with Crippen LogP contribution in [0.4, 0.5) is 20.4 Å².